The monoisotopic (exact) mass is 474 g/mol. The fourth-order valence-corrected chi connectivity index (χ4v) is 5.67. The Labute approximate surface area is 208 Å². The maximum atomic E-state index is 10.1. The Morgan fingerprint density at radius 2 is 1.77 bits per heavy atom. The first kappa shape index (κ1) is 23.0. The molecule has 2 saturated carbocycles. The molecule has 1 saturated heterocycles. The number of aliphatic hydroxyl groups is 1. The fourth-order valence-electron chi connectivity index (χ4n) is 5.67. The summed E-state index contributed by atoms with van der Waals surface area (Å²) in [5.41, 5.74) is 4.78. The average Bonchev–Trinajstić information content (AvgIpc) is 3.64. The number of piperazine rings is 1. The standard InChI is InChI=1S/C28H38N6O/c35-24-9-7-23(8-10-24)34-19-26(22-5-3-21(4-6-22)18-33-15-13-29-14-16-33)25-17-31-28(32-27(25)34)30-12-11-20-1-2-20/h3-6,17,19-20,23-24,29,35H,1-2,7-16,18H2,(H,30,31,32). The molecule has 0 radical (unpaired) electrons. The third-order valence-corrected chi connectivity index (χ3v) is 8.04. The van der Waals surface area contributed by atoms with Gasteiger partial charge in [-0.2, -0.15) is 4.98 Å². The second-order valence-corrected chi connectivity index (χ2v) is 10.7. The molecule has 6 rings (SSSR count). The van der Waals surface area contributed by atoms with Crippen molar-refractivity contribution in [2.24, 2.45) is 5.92 Å². The van der Waals surface area contributed by atoms with E-state index in [0.29, 0.717) is 6.04 Å². The third-order valence-electron chi connectivity index (χ3n) is 8.04. The van der Waals surface area contributed by atoms with Crippen molar-refractivity contribution in [3.8, 4) is 11.1 Å². The highest BCUT2D eigenvalue weighted by atomic mass is 16.3. The maximum Gasteiger partial charge on any atom is 0.224 e. The molecule has 0 bridgehead atoms. The molecule has 186 valence electrons. The van der Waals surface area contributed by atoms with Crippen LogP contribution >= 0.6 is 0 Å². The Morgan fingerprint density at radius 3 is 2.51 bits per heavy atom. The summed E-state index contributed by atoms with van der Waals surface area (Å²) in [6.45, 7) is 6.32. The lowest BCUT2D eigenvalue weighted by atomic mass is 9.93. The quantitative estimate of drug-likeness (QED) is 0.454. The minimum absolute atomic E-state index is 0.162. The molecule has 3 heterocycles. The van der Waals surface area contributed by atoms with Crippen LogP contribution in [0.15, 0.2) is 36.7 Å². The Morgan fingerprint density at radius 1 is 1.00 bits per heavy atom. The summed E-state index contributed by atoms with van der Waals surface area (Å²) in [6.07, 6.45) is 11.8. The van der Waals surface area contributed by atoms with Crippen molar-refractivity contribution in [3.05, 3.63) is 42.2 Å². The molecule has 7 heteroatoms. The number of anilines is 1. The Kier molecular flexibility index (Phi) is 6.72. The van der Waals surface area contributed by atoms with E-state index in [9.17, 15) is 5.11 Å². The third kappa shape index (κ3) is 5.37. The van der Waals surface area contributed by atoms with Crippen molar-refractivity contribution >= 4 is 17.0 Å². The van der Waals surface area contributed by atoms with E-state index < -0.39 is 0 Å². The van der Waals surface area contributed by atoms with E-state index >= 15 is 0 Å². The molecule has 0 amide bonds. The van der Waals surface area contributed by atoms with Crippen LogP contribution in [0.25, 0.3) is 22.2 Å². The summed E-state index contributed by atoms with van der Waals surface area (Å²) in [4.78, 5) is 12.2. The largest absolute Gasteiger partial charge is 0.393 e. The van der Waals surface area contributed by atoms with Gasteiger partial charge in [-0.3, -0.25) is 4.90 Å². The van der Waals surface area contributed by atoms with Crippen LogP contribution < -0.4 is 10.6 Å². The normalized spacial score (nSPS) is 23.6. The van der Waals surface area contributed by atoms with Crippen LogP contribution in [0.2, 0.25) is 0 Å². The van der Waals surface area contributed by atoms with Crippen molar-refractivity contribution in [2.45, 2.75) is 63.6 Å². The molecule has 0 atom stereocenters. The summed E-state index contributed by atoms with van der Waals surface area (Å²) in [7, 11) is 0. The summed E-state index contributed by atoms with van der Waals surface area (Å²) in [6, 6.07) is 9.42. The van der Waals surface area contributed by atoms with Gasteiger partial charge in [0.25, 0.3) is 0 Å². The zero-order chi connectivity index (χ0) is 23.6. The zero-order valence-electron chi connectivity index (χ0n) is 20.6. The van der Waals surface area contributed by atoms with Crippen LogP contribution in [0.5, 0.6) is 0 Å². The van der Waals surface area contributed by atoms with Gasteiger partial charge in [-0.15, -0.1) is 0 Å². The number of nitrogens with one attached hydrogen (secondary N) is 2. The van der Waals surface area contributed by atoms with Gasteiger partial charge in [-0.05, 0) is 49.1 Å². The second kappa shape index (κ2) is 10.2. The van der Waals surface area contributed by atoms with Gasteiger partial charge in [0, 0.05) is 68.7 Å². The van der Waals surface area contributed by atoms with Crippen LogP contribution in [-0.4, -0.2) is 63.4 Å². The smallest absolute Gasteiger partial charge is 0.224 e. The Hall–Kier alpha value is -2.48. The van der Waals surface area contributed by atoms with Crippen LogP contribution in [-0.2, 0) is 6.54 Å². The van der Waals surface area contributed by atoms with Gasteiger partial charge in [0.05, 0.1) is 6.10 Å². The molecule has 3 N–H and O–H groups in total. The summed E-state index contributed by atoms with van der Waals surface area (Å²) < 4.78 is 2.36. The van der Waals surface area contributed by atoms with Crippen molar-refractivity contribution in [3.63, 3.8) is 0 Å². The highest BCUT2D eigenvalue weighted by Gasteiger charge is 2.25. The lowest BCUT2D eigenvalue weighted by Gasteiger charge is -2.27. The first-order chi connectivity index (χ1) is 17.2. The molecule has 35 heavy (non-hydrogen) atoms. The predicted octanol–water partition coefficient (Wildman–Crippen LogP) is 4.19. The molecule has 0 spiro atoms. The molecule has 1 aromatic carbocycles. The first-order valence-electron chi connectivity index (χ1n) is 13.5. The Balaban J connectivity index is 1.27. The van der Waals surface area contributed by atoms with E-state index in [0.717, 1.165) is 87.9 Å². The molecule has 2 aromatic heterocycles. The molecule has 3 aromatic rings. The molecule has 3 fully saturated rings. The van der Waals surface area contributed by atoms with Gasteiger partial charge in [0.1, 0.15) is 5.65 Å². The number of benzene rings is 1. The van der Waals surface area contributed by atoms with E-state index in [-0.39, 0.29) is 6.10 Å². The zero-order valence-corrected chi connectivity index (χ0v) is 20.6. The number of fused-ring (bicyclic) bond motifs is 1. The van der Waals surface area contributed by atoms with Crippen LogP contribution in [0.4, 0.5) is 5.95 Å². The number of aliphatic hydroxyl groups excluding tert-OH is 1. The highest BCUT2D eigenvalue weighted by Crippen LogP contribution is 2.37. The molecule has 0 unspecified atom stereocenters. The SMILES string of the molecule is OC1CCC(n2cc(-c3ccc(CN4CCNCC4)cc3)c3cnc(NCCC4CC4)nc32)CC1. The van der Waals surface area contributed by atoms with E-state index in [1.807, 2.05) is 6.20 Å². The minimum Gasteiger partial charge on any atom is -0.393 e. The molecule has 1 aliphatic heterocycles. The van der Waals surface area contributed by atoms with Gasteiger partial charge in [-0.25, -0.2) is 4.98 Å². The van der Waals surface area contributed by atoms with Crippen molar-refractivity contribution in [1.29, 1.82) is 0 Å². The minimum atomic E-state index is -0.162. The van der Waals surface area contributed by atoms with Gasteiger partial charge >= 0.3 is 0 Å². The highest BCUT2D eigenvalue weighted by molar-refractivity contribution is 5.94. The van der Waals surface area contributed by atoms with Gasteiger partial charge in [0.2, 0.25) is 5.95 Å². The van der Waals surface area contributed by atoms with E-state index in [2.05, 4.69) is 55.5 Å². The number of hydrogen-bond acceptors (Lipinski definition) is 6. The van der Waals surface area contributed by atoms with Crippen LogP contribution in [0.1, 0.15) is 56.6 Å². The fraction of sp³-hybridized carbons (Fsp3) is 0.571. The predicted molar refractivity (Wildman–Crippen MR) is 140 cm³/mol. The number of rotatable bonds is 8. The van der Waals surface area contributed by atoms with Gasteiger partial charge in [0.15, 0.2) is 0 Å². The van der Waals surface area contributed by atoms with E-state index in [1.165, 1.54) is 36.0 Å². The van der Waals surface area contributed by atoms with Crippen LogP contribution in [0, 0.1) is 5.92 Å². The van der Waals surface area contributed by atoms with Gasteiger partial charge < -0.3 is 20.3 Å². The van der Waals surface area contributed by atoms with Crippen molar-refractivity contribution < 1.29 is 5.11 Å². The lowest BCUT2D eigenvalue weighted by Crippen LogP contribution is -2.42. The van der Waals surface area contributed by atoms with E-state index in [4.69, 9.17) is 4.98 Å². The van der Waals surface area contributed by atoms with E-state index in [1.54, 1.807) is 0 Å². The van der Waals surface area contributed by atoms with Crippen molar-refractivity contribution in [1.82, 2.24) is 24.8 Å². The Bertz CT molecular complexity index is 1120. The second-order valence-electron chi connectivity index (χ2n) is 10.7. The topological polar surface area (TPSA) is 78.2 Å². The number of hydrogen-bond donors (Lipinski definition) is 3. The summed E-state index contributed by atoms with van der Waals surface area (Å²) in [5.74, 6) is 1.62. The lowest BCUT2D eigenvalue weighted by molar-refractivity contribution is 0.111. The first-order valence-corrected chi connectivity index (χ1v) is 13.5. The number of aromatic nitrogens is 3. The molecular formula is C28H38N6O. The van der Waals surface area contributed by atoms with Gasteiger partial charge in [-0.1, -0.05) is 37.1 Å². The van der Waals surface area contributed by atoms with Crippen molar-refractivity contribution in [2.75, 3.05) is 38.0 Å². The maximum absolute atomic E-state index is 10.1. The summed E-state index contributed by atoms with van der Waals surface area (Å²) >= 11 is 0. The molecule has 2 aliphatic carbocycles. The average molecular weight is 475 g/mol. The number of nitrogens with zero attached hydrogens (tertiary/aromatic N) is 4. The van der Waals surface area contributed by atoms with Crippen LogP contribution in [0.3, 0.4) is 0 Å². The molecular weight excluding hydrogens is 436 g/mol. The summed E-state index contributed by atoms with van der Waals surface area (Å²) in [5, 5.41) is 18.0. The molecule has 3 aliphatic rings. The molecule has 7 nitrogen and oxygen atoms in total.